The molecule has 102 valence electrons. The second-order valence-electron chi connectivity index (χ2n) is 5.19. The van der Waals surface area contributed by atoms with E-state index in [-0.39, 0.29) is 0 Å². The lowest BCUT2D eigenvalue weighted by Crippen LogP contribution is -2.58. The summed E-state index contributed by atoms with van der Waals surface area (Å²) in [5.74, 6) is 2.46. The molecule has 4 heteroatoms. The normalized spacial score (nSPS) is 29.5. The van der Waals surface area contributed by atoms with Gasteiger partial charge in [-0.1, -0.05) is 6.92 Å². The highest BCUT2D eigenvalue weighted by atomic mass is 32.2. The fraction of sp³-hybridized carbons (Fsp3) is 1.00. The summed E-state index contributed by atoms with van der Waals surface area (Å²) in [6.07, 6.45) is 1.23. The summed E-state index contributed by atoms with van der Waals surface area (Å²) in [6.45, 7) is 9.99. The van der Waals surface area contributed by atoms with Gasteiger partial charge in [-0.05, 0) is 38.8 Å². The van der Waals surface area contributed by atoms with Crippen molar-refractivity contribution >= 4 is 11.8 Å². The average molecular weight is 259 g/mol. The average Bonchev–Trinajstić information content (AvgIpc) is 2.31. The first-order valence-electron chi connectivity index (χ1n) is 6.83. The third-order valence-electron chi connectivity index (χ3n) is 3.98. The largest absolute Gasteiger partial charge is 0.329 e. The van der Waals surface area contributed by atoms with Crippen LogP contribution in [0.25, 0.3) is 0 Å². The first-order valence-corrected chi connectivity index (χ1v) is 7.99. The summed E-state index contributed by atoms with van der Waals surface area (Å²) in [6, 6.07) is 1.87. The van der Waals surface area contributed by atoms with Gasteiger partial charge in [0.25, 0.3) is 0 Å². The summed E-state index contributed by atoms with van der Waals surface area (Å²) in [7, 11) is 2.23. The second kappa shape index (κ2) is 7.62. The Morgan fingerprint density at radius 1 is 1.29 bits per heavy atom. The van der Waals surface area contributed by atoms with Crippen LogP contribution in [0.1, 0.15) is 27.2 Å². The van der Waals surface area contributed by atoms with Gasteiger partial charge in [-0.15, -0.1) is 0 Å². The zero-order valence-corrected chi connectivity index (χ0v) is 12.7. The second-order valence-corrected chi connectivity index (χ2v) is 6.59. The Balaban J connectivity index is 2.45. The van der Waals surface area contributed by atoms with Crippen LogP contribution in [-0.4, -0.2) is 66.1 Å². The molecule has 1 heterocycles. The first kappa shape index (κ1) is 15.3. The van der Waals surface area contributed by atoms with Crippen LogP contribution in [0.4, 0.5) is 0 Å². The van der Waals surface area contributed by atoms with E-state index in [4.69, 9.17) is 5.73 Å². The standard InChI is InChI=1S/C13H29N3S/c1-5-17-7-6-13(8-14)16-9-11(2)15(4)12(3)10-16/h11-13H,5-10,14H2,1-4H3. The highest BCUT2D eigenvalue weighted by Gasteiger charge is 2.29. The molecule has 1 fully saturated rings. The van der Waals surface area contributed by atoms with E-state index in [0.29, 0.717) is 18.1 Å². The number of rotatable bonds is 6. The quantitative estimate of drug-likeness (QED) is 0.733. The van der Waals surface area contributed by atoms with E-state index >= 15 is 0 Å². The smallest absolute Gasteiger partial charge is 0.0227 e. The van der Waals surface area contributed by atoms with E-state index in [1.165, 1.54) is 31.0 Å². The van der Waals surface area contributed by atoms with Gasteiger partial charge >= 0.3 is 0 Å². The maximum Gasteiger partial charge on any atom is 0.0227 e. The molecule has 1 aliphatic rings. The molecule has 0 amide bonds. The molecule has 0 saturated carbocycles. The lowest BCUT2D eigenvalue weighted by Gasteiger charge is -2.45. The van der Waals surface area contributed by atoms with E-state index in [1.807, 2.05) is 11.8 Å². The molecule has 0 aromatic carbocycles. The Labute approximate surface area is 111 Å². The molecule has 0 bridgehead atoms. The van der Waals surface area contributed by atoms with E-state index in [0.717, 1.165) is 6.54 Å². The van der Waals surface area contributed by atoms with Gasteiger partial charge in [0.15, 0.2) is 0 Å². The fourth-order valence-electron chi connectivity index (χ4n) is 2.56. The summed E-state index contributed by atoms with van der Waals surface area (Å²) in [4.78, 5) is 5.08. The molecular formula is C13H29N3S. The van der Waals surface area contributed by atoms with E-state index in [9.17, 15) is 0 Å². The van der Waals surface area contributed by atoms with Crippen LogP contribution in [0.3, 0.4) is 0 Å². The first-order chi connectivity index (χ1) is 8.10. The molecule has 1 aliphatic heterocycles. The highest BCUT2D eigenvalue weighted by Crippen LogP contribution is 2.18. The molecule has 2 N–H and O–H groups in total. The number of thioether (sulfide) groups is 1. The number of nitrogens with two attached hydrogens (primary N) is 1. The molecule has 0 spiro atoms. The van der Waals surface area contributed by atoms with Crippen LogP contribution in [0.5, 0.6) is 0 Å². The molecule has 3 unspecified atom stereocenters. The minimum Gasteiger partial charge on any atom is -0.329 e. The van der Waals surface area contributed by atoms with Gasteiger partial charge in [-0.2, -0.15) is 11.8 Å². The summed E-state index contributed by atoms with van der Waals surface area (Å²) in [5, 5.41) is 0. The molecule has 0 radical (unpaired) electrons. The van der Waals surface area contributed by atoms with Crippen molar-refractivity contribution in [1.82, 2.24) is 9.80 Å². The Bertz CT molecular complexity index is 201. The number of likely N-dealkylation sites (N-methyl/N-ethyl adjacent to an activating group) is 1. The molecule has 0 aliphatic carbocycles. The number of hydrogen-bond donors (Lipinski definition) is 1. The minimum atomic E-state index is 0.577. The molecule has 3 nitrogen and oxygen atoms in total. The maximum absolute atomic E-state index is 5.95. The van der Waals surface area contributed by atoms with Crippen molar-refractivity contribution < 1.29 is 0 Å². The van der Waals surface area contributed by atoms with Gasteiger partial charge in [-0.25, -0.2) is 0 Å². The summed E-state index contributed by atoms with van der Waals surface area (Å²) < 4.78 is 0. The molecular weight excluding hydrogens is 230 g/mol. The van der Waals surface area contributed by atoms with Crippen LogP contribution in [0.2, 0.25) is 0 Å². The maximum atomic E-state index is 5.95. The predicted octanol–water partition coefficient (Wildman–Crippen LogP) is 1.48. The van der Waals surface area contributed by atoms with Crippen molar-refractivity contribution in [3.8, 4) is 0 Å². The number of nitrogens with zero attached hydrogens (tertiary/aromatic N) is 2. The summed E-state index contributed by atoms with van der Waals surface area (Å²) >= 11 is 2.03. The third-order valence-corrected chi connectivity index (χ3v) is 4.91. The predicted molar refractivity (Wildman–Crippen MR) is 78.7 cm³/mol. The molecule has 0 aromatic heterocycles. The third kappa shape index (κ3) is 4.43. The van der Waals surface area contributed by atoms with Crippen molar-refractivity contribution in [3.63, 3.8) is 0 Å². The minimum absolute atomic E-state index is 0.577. The zero-order chi connectivity index (χ0) is 12.8. The van der Waals surface area contributed by atoms with Crippen molar-refractivity contribution in [3.05, 3.63) is 0 Å². The highest BCUT2D eigenvalue weighted by molar-refractivity contribution is 7.99. The van der Waals surface area contributed by atoms with Crippen LogP contribution < -0.4 is 5.73 Å². The van der Waals surface area contributed by atoms with E-state index < -0.39 is 0 Å². The molecule has 1 rings (SSSR count). The molecule has 1 saturated heterocycles. The van der Waals surface area contributed by atoms with Crippen molar-refractivity contribution in [1.29, 1.82) is 0 Å². The number of hydrogen-bond acceptors (Lipinski definition) is 4. The topological polar surface area (TPSA) is 32.5 Å². The van der Waals surface area contributed by atoms with Crippen molar-refractivity contribution in [2.75, 3.05) is 38.2 Å². The van der Waals surface area contributed by atoms with Crippen LogP contribution >= 0.6 is 11.8 Å². The Morgan fingerprint density at radius 3 is 2.35 bits per heavy atom. The van der Waals surface area contributed by atoms with Gasteiger partial charge in [0, 0.05) is 37.8 Å². The zero-order valence-electron chi connectivity index (χ0n) is 11.9. The van der Waals surface area contributed by atoms with Gasteiger partial charge in [0.05, 0.1) is 0 Å². The van der Waals surface area contributed by atoms with Gasteiger partial charge in [-0.3, -0.25) is 9.80 Å². The molecule has 17 heavy (non-hydrogen) atoms. The lowest BCUT2D eigenvalue weighted by molar-refractivity contribution is 0.0350. The van der Waals surface area contributed by atoms with Gasteiger partial charge < -0.3 is 5.73 Å². The lowest BCUT2D eigenvalue weighted by atomic mass is 10.1. The van der Waals surface area contributed by atoms with Crippen molar-refractivity contribution in [2.45, 2.75) is 45.3 Å². The van der Waals surface area contributed by atoms with Crippen LogP contribution in [-0.2, 0) is 0 Å². The fourth-order valence-corrected chi connectivity index (χ4v) is 3.28. The number of piperazine rings is 1. The molecule has 3 atom stereocenters. The Hall–Kier alpha value is 0.230. The SMILES string of the molecule is CCSCCC(CN)N1CC(C)N(C)C(C)C1. The molecule has 0 aromatic rings. The Morgan fingerprint density at radius 2 is 1.88 bits per heavy atom. The van der Waals surface area contributed by atoms with Crippen LogP contribution in [0, 0.1) is 0 Å². The monoisotopic (exact) mass is 259 g/mol. The Kier molecular flexibility index (Phi) is 6.85. The van der Waals surface area contributed by atoms with Crippen LogP contribution in [0.15, 0.2) is 0 Å². The summed E-state index contributed by atoms with van der Waals surface area (Å²) in [5.41, 5.74) is 5.95. The van der Waals surface area contributed by atoms with Gasteiger partial charge in [0.2, 0.25) is 0 Å². The van der Waals surface area contributed by atoms with E-state index in [1.54, 1.807) is 0 Å². The van der Waals surface area contributed by atoms with E-state index in [2.05, 4.69) is 37.6 Å². The van der Waals surface area contributed by atoms with Gasteiger partial charge in [0.1, 0.15) is 0 Å². The van der Waals surface area contributed by atoms with Crippen molar-refractivity contribution in [2.24, 2.45) is 5.73 Å².